The van der Waals surface area contributed by atoms with Crippen LogP contribution in [0.5, 0.6) is 0 Å². The van der Waals surface area contributed by atoms with Gasteiger partial charge in [0, 0.05) is 10.9 Å². The molecule has 168 valence electrons. The summed E-state index contributed by atoms with van der Waals surface area (Å²) in [5, 5.41) is 2.98. The van der Waals surface area contributed by atoms with Crippen molar-refractivity contribution in [1.29, 1.82) is 0 Å². The van der Waals surface area contributed by atoms with Crippen LogP contribution >= 0.6 is 11.8 Å². The van der Waals surface area contributed by atoms with Crippen molar-refractivity contribution in [1.82, 2.24) is 9.62 Å². The van der Waals surface area contributed by atoms with Gasteiger partial charge in [0.1, 0.15) is 0 Å². The number of rotatable bonds is 8. The van der Waals surface area contributed by atoms with Crippen LogP contribution in [0.1, 0.15) is 56.2 Å². The number of carbonyl (C=O) groups excluding carboxylic acids is 1. The number of benzene rings is 2. The zero-order chi connectivity index (χ0) is 22.4. The molecule has 0 aliphatic heterocycles. The fourth-order valence-electron chi connectivity index (χ4n) is 4.03. The summed E-state index contributed by atoms with van der Waals surface area (Å²) in [6.45, 7) is 3.69. The number of carbonyl (C=O) groups is 1. The molecule has 0 radical (unpaired) electrons. The lowest BCUT2D eigenvalue weighted by molar-refractivity contribution is -0.122. The summed E-state index contributed by atoms with van der Waals surface area (Å²) < 4.78 is 28.3. The Kier molecular flexibility index (Phi) is 8.19. The molecule has 2 aromatic rings. The Bertz CT molecular complexity index is 967. The Morgan fingerprint density at radius 3 is 2.26 bits per heavy atom. The molecular formula is C24H32N2O3S2. The first kappa shape index (κ1) is 23.8. The molecule has 0 aromatic heterocycles. The van der Waals surface area contributed by atoms with Gasteiger partial charge in [0.25, 0.3) is 0 Å². The van der Waals surface area contributed by atoms with Crippen molar-refractivity contribution in [2.45, 2.75) is 67.8 Å². The molecule has 1 aliphatic rings. The molecule has 1 N–H and O–H groups in total. The summed E-state index contributed by atoms with van der Waals surface area (Å²) in [6, 6.07) is 14.6. The average molecular weight is 461 g/mol. The van der Waals surface area contributed by atoms with Crippen LogP contribution in [0.15, 0.2) is 58.3 Å². The summed E-state index contributed by atoms with van der Waals surface area (Å²) >= 11 is 1.67. The third-order valence-corrected chi connectivity index (χ3v) is 8.56. The van der Waals surface area contributed by atoms with E-state index in [1.54, 1.807) is 36.0 Å². The van der Waals surface area contributed by atoms with E-state index in [1.807, 2.05) is 44.4 Å². The Hall–Kier alpha value is -1.83. The van der Waals surface area contributed by atoms with Gasteiger partial charge in [0.2, 0.25) is 15.9 Å². The number of aryl methyl sites for hydroxylation is 1. The normalized spacial score (nSPS) is 16.3. The average Bonchev–Trinajstić information content (AvgIpc) is 2.78. The summed E-state index contributed by atoms with van der Waals surface area (Å²) in [6.07, 6.45) is 6.71. The number of hydrogen-bond donors (Lipinski definition) is 1. The topological polar surface area (TPSA) is 66.5 Å². The Morgan fingerprint density at radius 1 is 1.06 bits per heavy atom. The van der Waals surface area contributed by atoms with E-state index in [0.29, 0.717) is 0 Å². The molecule has 0 heterocycles. The van der Waals surface area contributed by atoms with Crippen molar-refractivity contribution in [2.24, 2.45) is 0 Å². The smallest absolute Gasteiger partial charge is 0.243 e. The van der Waals surface area contributed by atoms with Crippen LogP contribution in [0.25, 0.3) is 0 Å². The molecule has 0 spiro atoms. The summed E-state index contributed by atoms with van der Waals surface area (Å²) in [5.41, 5.74) is 2.00. The van der Waals surface area contributed by atoms with Crippen molar-refractivity contribution in [3.8, 4) is 0 Å². The van der Waals surface area contributed by atoms with Gasteiger partial charge in [-0.2, -0.15) is 4.31 Å². The van der Waals surface area contributed by atoms with E-state index in [0.717, 1.165) is 48.1 Å². The van der Waals surface area contributed by atoms with Crippen molar-refractivity contribution in [2.75, 3.05) is 12.8 Å². The van der Waals surface area contributed by atoms with Crippen LogP contribution in [0.4, 0.5) is 0 Å². The minimum atomic E-state index is -3.75. The number of nitrogens with one attached hydrogen (secondary N) is 1. The largest absolute Gasteiger partial charge is 0.348 e. The number of thioether (sulfide) groups is 1. The predicted octanol–water partition coefficient (Wildman–Crippen LogP) is 4.92. The second-order valence-corrected chi connectivity index (χ2v) is 11.0. The molecule has 1 amide bonds. The molecule has 0 saturated heterocycles. The number of nitrogens with zero attached hydrogens (tertiary/aromatic N) is 1. The maximum absolute atomic E-state index is 13.4. The van der Waals surface area contributed by atoms with Crippen molar-refractivity contribution in [3.63, 3.8) is 0 Å². The molecule has 1 saturated carbocycles. The van der Waals surface area contributed by atoms with Gasteiger partial charge in [-0.1, -0.05) is 49.1 Å². The van der Waals surface area contributed by atoms with E-state index in [-0.39, 0.29) is 29.4 Å². The first-order chi connectivity index (χ1) is 14.8. The molecule has 7 heteroatoms. The third kappa shape index (κ3) is 6.11. The van der Waals surface area contributed by atoms with Gasteiger partial charge in [-0.25, -0.2) is 8.42 Å². The lowest BCUT2D eigenvalue weighted by atomic mass is 9.95. The summed E-state index contributed by atoms with van der Waals surface area (Å²) in [4.78, 5) is 14.3. The molecule has 0 unspecified atom stereocenters. The van der Waals surface area contributed by atoms with Crippen molar-refractivity contribution < 1.29 is 13.2 Å². The van der Waals surface area contributed by atoms with Crippen molar-refractivity contribution in [3.05, 3.63) is 59.7 Å². The van der Waals surface area contributed by atoms with Gasteiger partial charge in [0.15, 0.2) is 0 Å². The van der Waals surface area contributed by atoms with Gasteiger partial charge < -0.3 is 5.32 Å². The molecule has 5 nitrogen and oxygen atoms in total. The Balaban J connectivity index is 1.77. The zero-order valence-electron chi connectivity index (χ0n) is 18.5. The molecule has 31 heavy (non-hydrogen) atoms. The number of amides is 1. The molecule has 1 fully saturated rings. The lowest BCUT2D eigenvalue weighted by Gasteiger charge is -2.33. The van der Waals surface area contributed by atoms with Crippen LogP contribution in [-0.2, 0) is 14.8 Å². The van der Waals surface area contributed by atoms with E-state index < -0.39 is 10.0 Å². The summed E-state index contributed by atoms with van der Waals surface area (Å²) in [5.74, 6) is -0.275. The van der Waals surface area contributed by atoms with Crippen LogP contribution in [-0.4, -0.2) is 37.5 Å². The number of sulfonamides is 1. The van der Waals surface area contributed by atoms with Gasteiger partial charge in [-0.3, -0.25) is 4.79 Å². The third-order valence-electron chi connectivity index (χ3n) is 5.90. The maximum Gasteiger partial charge on any atom is 0.243 e. The Morgan fingerprint density at radius 2 is 1.68 bits per heavy atom. The zero-order valence-corrected chi connectivity index (χ0v) is 20.1. The van der Waals surface area contributed by atoms with E-state index in [2.05, 4.69) is 5.32 Å². The highest BCUT2D eigenvalue weighted by atomic mass is 32.2. The van der Waals surface area contributed by atoms with Gasteiger partial charge in [0.05, 0.1) is 17.5 Å². The highest BCUT2D eigenvalue weighted by Crippen LogP contribution is 2.28. The minimum absolute atomic E-state index is 0.137. The second kappa shape index (κ2) is 10.7. The van der Waals surface area contributed by atoms with E-state index in [4.69, 9.17) is 0 Å². The lowest BCUT2D eigenvalue weighted by Crippen LogP contribution is -2.47. The second-order valence-electron chi connectivity index (χ2n) is 8.22. The minimum Gasteiger partial charge on any atom is -0.348 e. The number of hydrogen-bond acceptors (Lipinski definition) is 4. The van der Waals surface area contributed by atoms with Gasteiger partial charge in [-0.15, -0.1) is 11.8 Å². The molecule has 1 atom stereocenters. The maximum atomic E-state index is 13.4. The highest BCUT2D eigenvalue weighted by Gasteiger charge is 2.34. The van der Waals surface area contributed by atoms with Crippen LogP contribution in [0.2, 0.25) is 0 Å². The highest BCUT2D eigenvalue weighted by molar-refractivity contribution is 7.98. The Labute approximate surface area is 190 Å². The molecule has 3 rings (SSSR count). The first-order valence-electron chi connectivity index (χ1n) is 10.8. The predicted molar refractivity (Wildman–Crippen MR) is 127 cm³/mol. The van der Waals surface area contributed by atoms with Gasteiger partial charge >= 0.3 is 0 Å². The van der Waals surface area contributed by atoms with Crippen molar-refractivity contribution >= 4 is 27.7 Å². The quantitative estimate of drug-likeness (QED) is 0.568. The fourth-order valence-corrected chi connectivity index (χ4v) is 6.08. The van der Waals surface area contributed by atoms with Crippen LogP contribution in [0, 0.1) is 6.92 Å². The molecule has 1 aliphatic carbocycles. The molecule has 0 bridgehead atoms. The molecular weight excluding hydrogens is 428 g/mol. The van der Waals surface area contributed by atoms with Gasteiger partial charge in [-0.05, 0) is 62.8 Å². The van der Waals surface area contributed by atoms with Crippen LogP contribution in [0.3, 0.4) is 0 Å². The van der Waals surface area contributed by atoms with E-state index in [9.17, 15) is 13.2 Å². The summed E-state index contributed by atoms with van der Waals surface area (Å²) in [7, 11) is -3.75. The van der Waals surface area contributed by atoms with Crippen LogP contribution < -0.4 is 5.32 Å². The van der Waals surface area contributed by atoms with E-state index in [1.165, 1.54) is 4.31 Å². The first-order valence-corrected chi connectivity index (χ1v) is 13.5. The van der Waals surface area contributed by atoms with E-state index >= 15 is 0 Å². The SMILES string of the molecule is CSc1ccc([C@@H](C)NC(=O)CN(C2CCCCC2)S(=O)(=O)c2ccc(C)cc2)cc1. The standard InChI is InChI=1S/C24H32N2O3S2/c1-18-9-15-23(16-10-18)31(28,29)26(21-7-5-4-6-8-21)17-24(27)25-19(2)20-11-13-22(30-3)14-12-20/h9-16,19,21H,4-8,17H2,1-3H3,(H,25,27)/t19-/m1/s1. The fraction of sp³-hybridized carbons (Fsp3) is 0.458. The molecule has 2 aromatic carbocycles. The monoisotopic (exact) mass is 460 g/mol.